The lowest BCUT2D eigenvalue weighted by molar-refractivity contribution is -0.144. The van der Waals surface area contributed by atoms with Gasteiger partial charge in [0.05, 0.1) is 13.0 Å². The lowest BCUT2D eigenvalue weighted by Crippen LogP contribution is -2.25. The van der Waals surface area contributed by atoms with Gasteiger partial charge in [0.25, 0.3) is 0 Å². The van der Waals surface area contributed by atoms with Crippen LogP contribution in [0.4, 0.5) is 0 Å². The first-order valence-corrected chi connectivity index (χ1v) is 10.3. The van der Waals surface area contributed by atoms with Gasteiger partial charge in [-0.2, -0.15) is 0 Å². The Morgan fingerprint density at radius 1 is 1.03 bits per heavy atom. The Hall–Kier alpha value is -2.30. The van der Waals surface area contributed by atoms with Gasteiger partial charge < -0.3 is 14.3 Å². The summed E-state index contributed by atoms with van der Waals surface area (Å²) < 4.78 is 5.25. The summed E-state index contributed by atoms with van der Waals surface area (Å²) in [5.74, 6) is -1.65. The zero-order valence-electron chi connectivity index (χ0n) is 18.4. The summed E-state index contributed by atoms with van der Waals surface area (Å²) in [6.07, 6.45) is 8.82. The van der Waals surface area contributed by atoms with E-state index in [0.717, 1.165) is 24.7 Å². The molecule has 29 heavy (non-hydrogen) atoms. The molecule has 0 aromatic rings. The largest absolute Gasteiger partial charge is 0.466 e. The summed E-state index contributed by atoms with van der Waals surface area (Å²) in [5.41, 5.74) is 2.14. The van der Waals surface area contributed by atoms with Crippen LogP contribution in [0.15, 0.2) is 35.5 Å². The van der Waals surface area contributed by atoms with Crippen molar-refractivity contribution in [1.29, 1.82) is 0 Å². The maximum absolute atomic E-state index is 12.3. The van der Waals surface area contributed by atoms with Gasteiger partial charge >= 0.3 is 5.97 Å². The van der Waals surface area contributed by atoms with Crippen molar-refractivity contribution in [2.24, 2.45) is 11.8 Å². The average Bonchev–Trinajstić information content (AvgIpc) is 2.65. The minimum absolute atomic E-state index is 0.0573. The van der Waals surface area contributed by atoms with Crippen LogP contribution >= 0.6 is 0 Å². The summed E-state index contributed by atoms with van der Waals surface area (Å²) in [4.78, 5) is 47.2. The van der Waals surface area contributed by atoms with E-state index in [1.807, 2.05) is 26.8 Å². The molecule has 0 amide bonds. The summed E-state index contributed by atoms with van der Waals surface area (Å²) in [6, 6.07) is 0. The van der Waals surface area contributed by atoms with Gasteiger partial charge in [0, 0.05) is 18.3 Å². The van der Waals surface area contributed by atoms with Crippen molar-refractivity contribution < 1.29 is 23.9 Å². The van der Waals surface area contributed by atoms with E-state index < -0.39 is 17.8 Å². The first-order valence-electron chi connectivity index (χ1n) is 10.3. The van der Waals surface area contributed by atoms with Crippen molar-refractivity contribution in [2.75, 3.05) is 6.61 Å². The molecule has 0 N–H and O–H groups in total. The minimum Gasteiger partial charge on any atom is -0.466 e. The summed E-state index contributed by atoms with van der Waals surface area (Å²) in [7, 11) is 0. The molecule has 0 unspecified atom stereocenters. The van der Waals surface area contributed by atoms with E-state index in [4.69, 9.17) is 4.74 Å². The van der Waals surface area contributed by atoms with Crippen LogP contribution in [-0.4, -0.2) is 30.9 Å². The molecule has 5 nitrogen and oxygen atoms in total. The Morgan fingerprint density at radius 2 is 1.72 bits per heavy atom. The highest BCUT2D eigenvalue weighted by atomic mass is 16.5. The van der Waals surface area contributed by atoms with Crippen LogP contribution in [-0.2, 0) is 23.9 Å². The number of aldehydes is 2. The fourth-order valence-corrected chi connectivity index (χ4v) is 2.95. The van der Waals surface area contributed by atoms with E-state index in [0.29, 0.717) is 49.7 Å². The predicted molar refractivity (Wildman–Crippen MR) is 115 cm³/mol. The van der Waals surface area contributed by atoms with Gasteiger partial charge in [-0.1, -0.05) is 43.2 Å². The van der Waals surface area contributed by atoms with Crippen LogP contribution in [0.2, 0.25) is 0 Å². The number of esters is 1. The molecule has 0 spiro atoms. The van der Waals surface area contributed by atoms with Crippen LogP contribution in [0.5, 0.6) is 0 Å². The van der Waals surface area contributed by atoms with Crippen molar-refractivity contribution in [2.45, 2.75) is 72.6 Å². The summed E-state index contributed by atoms with van der Waals surface area (Å²) >= 11 is 0. The number of ether oxygens (including phenoxy) is 1. The number of carbonyl (C=O) groups excluding carboxylic acids is 4. The molecule has 0 aliphatic rings. The van der Waals surface area contributed by atoms with Crippen LogP contribution in [0.3, 0.4) is 0 Å². The Kier molecular flexibility index (Phi) is 14.4. The van der Waals surface area contributed by atoms with Crippen LogP contribution in [0.1, 0.15) is 72.6 Å². The number of allylic oxidation sites excluding steroid dienone is 5. The van der Waals surface area contributed by atoms with Crippen LogP contribution in [0.25, 0.3) is 0 Å². The van der Waals surface area contributed by atoms with Crippen LogP contribution in [0, 0.1) is 11.8 Å². The number of carbonyl (C=O) groups is 4. The first-order chi connectivity index (χ1) is 13.8. The SMILES string of the molecule is C=C(CCCC(C)=O)[C@H](C=O)[C@H](CC(=O)OCCCC)/C(C=O)=C/CC=C(C)C. The Morgan fingerprint density at radius 3 is 2.24 bits per heavy atom. The standard InChI is InChI=1S/C24H36O5/c1-6-7-14-29-24(28)15-22(21(16-25)13-8-10-18(2)3)23(17-26)19(4)11-9-12-20(5)27/h10,13,16-17,22-23H,4,6-9,11-12,14-15H2,1-3,5H3/b21-13+/t22-,23+/m1/s1. The second-order valence-electron chi connectivity index (χ2n) is 7.60. The van der Waals surface area contributed by atoms with Gasteiger partial charge in [-0.25, -0.2) is 0 Å². The summed E-state index contributed by atoms with van der Waals surface area (Å²) in [6.45, 7) is 11.8. The molecule has 0 heterocycles. The molecule has 0 rings (SSSR count). The number of Topliss-reactive ketones (excluding diaryl/α,β-unsaturated/α-hetero) is 1. The number of hydrogen-bond acceptors (Lipinski definition) is 5. The fraction of sp³-hybridized carbons (Fsp3) is 0.583. The molecule has 162 valence electrons. The highest BCUT2D eigenvalue weighted by molar-refractivity contribution is 5.80. The molecule has 0 aliphatic carbocycles. The first kappa shape index (κ1) is 26.7. The highest BCUT2D eigenvalue weighted by Gasteiger charge is 2.29. The number of unbranched alkanes of at least 4 members (excludes halogenated alkanes) is 1. The average molecular weight is 405 g/mol. The van der Waals surface area contributed by atoms with Gasteiger partial charge in [-0.3, -0.25) is 9.59 Å². The van der Waals surface area contributed by atoms with Crippen molar-refractivity contribution in [3.8, 4) is 0 Å². The van der Waals surface area contributed by atoms with Crippen molar-refractivity contribution in [1.82, 2.24) is 0 Å². The van der Waals surface area contributed by atoms with Gasteiger partial charge in [0.15, 0.2) is 0 Å². The van der Waals surface area contributed by atoms with E-state index in [9.17, 15) is 19.2 Å². The maximum atomic E-state index is 12.3. The molecule has 0 aromatic heterocycles. The second kappa shape index (κ2) is 15.6. The van der Waals surface area contributed by atoms with Gasteiger partial charge in [0.1, 0.15) is 18.4 Å². The quantitative estimate of drug-likeness (QED) is 0.120. The Labute approximate surface area is 175 Å². The van der Waals surface area contributed by atoms with E-state index in [2.05, 4.69) is 6.58 Å². The zero-order valence-corrected chi connectivity index (χ0v) is 18.4. The highest BCUT2D eigenvalue weighted by Crippen LogP contribution is 2.30. The molecule has 0 fully saturated rings. The molecular formula is C24H36O5. The monoisotopic (exact) mass is 404 g/mol. The molecule has 0 radical (unpaired) electrons. The van der Waals surface area contributed by atoms with E-state index in [-0.39, 0.29) is 12.2 Å². The Bertz CT molecular complexity index is 623. The molecule has 5 heteroatoms. The molecule has 0 aromatic carbocycles. The number of ketones is 1. The third kappa shape index (κ3) is 12.0. The molecule has 2 atom stereocenters. The topological polar surface area (TPSA) is 77.5 Å². The maximum Gasteiger partial charge on any atom is 0.306 e. The lowest BCUT2D eigenvalue weighted by atomic mass is 9.78. The molecule has 0 aliphatic heterocycles. The third-order valence-electron chi connectivity index (χ3n) is 4.67. The number of hydrogen-bond donors (Lipinski definition) is 0. The van der Waals surface area contributed by atoms with Gasteiger partial charge in [-0.05, 0) is 52.0 Å². The van der Waals surface area contributed by atoms with Gasteiger partial charge in [0.2, 0.25) is 0 Å². The van der Waals surface area contributed by atoms with Crippen molar-refractivity contribution in [3.63, 3.8) is 0 Å². The second-order valence-corrected chi connectivity index (χ2v) is 7.60. The number of rotatable bonds is 16. The van der Waals surface area contributed by atoms with Crippen molar-refractivity contribution >= 4 is 24.3 Å². The Balaban J connectivity index is 5.53. The van der Waals surface area contributed by atoms with E-state index in [1.165, 1.54) is 6.92 Å². The third-order valence-corrected chi connectivity index (χ3v) is 4.67. The molecule has 0 bridgehead atoms. The fourth-order valence-electron chi connectivity index (χ4n) is 2.95. The van der Waals surface area contributed by atoms with E-state index >= 15 is 0 Å². The lowest BCUT2D eigenvalue weighted by Gasteiger charge is -2.24. The minimum atomic E-state index is -0.677. The molecule has 0 saturated carbocycles. The van der Waals surface area contributed by atoms with Gasteiger partial charge in [-0.15, -0.1) is 0 Å². The van der Waals surface area contributed by atoms with E-state index in [1.54, 1.807) is 6.08 Å². The van der Waals surface area contributed by atoms with Crippen LogP contribution < -0.4 is 0 Å². The smallest absolute Gasteiger partial charge is 0.306 e. The van der Waals surface area contributed by atoms with Crippen molar-refractivity contribution in [3.05, 3.63) is 35.5 Å². The predicted octanol–water partition coefficient (Wildman–Crippen LogP) is 4.95. The summed E-state index contributed by atoms with van der Waals surface area (Å²) in [5, 5.41) is 0. The molecular weight excluding hydrogens is 368 g/mol. The zero-order chi connectivity index (χ0) is 22.2. The molecule has 0 saturated heterocycles. The normalized spacial score (nSPS) is 13.2.